The Labute approximate surface area is 178 Å². The minimum atomic E-state index is -3.64. The van der Waals surface area contributed by atoms with Gasteiger partial charge in [-0.25, -0.2) is 8.42 Å². The summed E-state index contributed by atoms with van der Waals surface area (Å²) in [6.45, 7) is 5.59. The second-order valence-corrected chi connectivity index (χ2v) is 10.1. The normalized spacial score (nSPS) is 17.1. The number of nitrogens with one attached hydrogen (secondary N) is 1. The first-order valence-corrected chi connectivity index (χ1v) is 11.7. The number of carbonyl (C=O) groups excluding carboxylic acids is 1. The van der Waals surface area contributed by atoms with Gasteiger partial charge < -0.3 is 5.32 Å². The summed E-state index contributed by atoms with van der Waals surface area (Å²) < 4.78 is 27.5. The highest BCUT2D eigenvalue weighted by atomic mass is 35.5. The molecule has 0 unspecified atom stereocenters. The van der Waals surface area contributed by atoms with Crippen LogP contribution >= 0.6 is 11.6 Å². The lowest BCUT2D eigenvalue weighted by Gasteiger charge is -2.29. The summed E-state index contributed by atoms with van der Waals surface area (Å²) in [5.74, 6) is 0.280. The van der Waals surface area contributed by atoms with Crippen LogP contribution in [-0.2, 0) is 10.0 Å². The van der Waals surface area contributed by atoms with Gasteiger partial charge in [0, 0.05) is 19.6 Å². The molecule has 3 rings (SSSR count). The van der Waals surface area contributed by atoms with Crippen LogP contribution in [0.3, 0.4) is 0 Å². The van der Waals surface area contributed by atoms with Crippen molar-refractivity contribution in [2.75, 3.05) is 19.6 Å². The number of carbonyl (C=O) groups is 1. The predicted molar refractivity (Wildman–Crippen MR) is 116 cm³/mol. The van der Waals surface area contributed by atoms with E-state index in [1.165, 1.54) is 22.5 Å². The maximum Gasteiger partial charge on any atom is 0.252 e. The Bertz CT molecular complexity index is 955. The van der Waals surface area contributed by atoms with E-state index >= 15 is 0 Å². The number of benzene rings is 2. The zero-order valence-corrected chi connectivity index (χ0v) is 18.3. The summed E-state index contributed by atoms with van der Waals surface area (Å²) in [6.07, 6.45) is 1.69. The third-order valence-corrected chi connectivity index (χ3v) is 7.72. The van der Waals surface area contributed by atoms with E-state index in [-0.39, 0.29) is 27.3 Å². The SMILES string of the molecule is CC1CCN(S(=O)(=O)c2ccc(Cl)c(C(=O)NC[C@H](C)c3ccccc3)c2)CC1. The Morgan fingerprint density at radius 3 is 2.48 bits per heavy atom. The van der Waals surface area contributed by atoms with Crippen molar-refractivity contribution < 1.29 is 13.2 Å². The molecular formula is C22H27ClN2O3S. The van der Waals surface area contributed by atoms with Crippen molar-refractivity contribution in [3.63, 3.8) is 0 Å². The van der Waals surface area contributed by atoms with Crippen molar-refractivity contribution >= 4 is 27.5 Å². The smallest absolute Gasteiger partial charge is 0.252 e. The largest absolute Gasteiger partial charge is 0.351 e. The molecule has 1 aliphatic heterocycles. The van der Waals surface area contributed by atoms with Crippen LogP contribution in [0.4, 0.5) is 0 Å². The van der Waals surface area contributed by atoms with Crippen molar-refractivity contribution in [3.8, 4) is 0 Å². The van der Waals surface area contributed by atoms with Gasteiger partial charge in [-0.2, -0.15) is 4.31 Å². The van der Waals surface area contributed by atoms with E-state index in [4.69, 9.17) is 11.6 Å². The highest BCUT2D eigenvalue weighted by Crippen LogP contribution is 2.26. The molecule has 1 N–H and O–H groups in total. The topological polar surface area (TPSA) is 66.5 Å². The summed E-state index contributed by atoms with van der Waals surface area (Å²) in [7, 11) is -3.64. The van der Waals surface area contributed by atoms with Crippen LogP contribution in [0.25, 0.3) is 0 Å². The number of hydrogen-bond donors (Lipinski definition) is 1. The van der Waals surface area contributed by atoms with Crippen LogP contribution < -0.4 is 5.32 Å². The fourth-order valence-electron chi connectivity index (χ4n) is 3.45. The quantitative estimate of drug-likeness (QED) is 0.737. The van der Waals surface area contributed by atoms with Gasteiger partial charge in [0.05, 0.1) is 15.5 Å². The number of nitrogens with zero attached hydrogens (tertiary/aromatic N) is 1. The number of amides is 1. The second kappa shape index (κ2) is 9.28. The van der Waals surface area contributed by atoms with Gasteiger partial charge in [-0.15, -0.1) is 0 Å². The Morgan fingerprint density at radius 1 is 1.17 bits per heavy atom. The molecule has 156 valence electrons. The van der Waals surface area contributed by atoms with Gasteiger partial charge in [0.1, 0.15) is 0 Å². The lowest BCUT2D eigenvalue weighted by Crippen LogP contribution is -2.38. The van der Waals surface area contributed by atoms with Crippen LogP contribution in [0.5, 0.6) is 0 Å². The summed E-state index contributed by atoms with van der Waals surface area (Å²) in [5.41, 5.74) is 1.30. The molecule has 0 saturated carbocycles. The zero-order valence-electron chi connectivity index (χ0n) is 16.8. The monoisotopic (exact) mass is 434 g/mol. The average Bonchev–Trinajstić information content (AvgIpc) is 2.73. The van der Waals surface area contributed by atoms with E-state index in [1.807, 2.05) is 37.3 Å². The van der Waals surface area contributed by atoms with E-state index < -0.39 is 10.0 Å². The molecule has 2 aromatic carbocycles. The molecule has 29 heavy (non-hydrogen) atoms. The van der Waals surface area contributed by atoms with Gasteiger partial charge in [-0.05, 0) is 48.4 Å². The second-order valence-electron chi connectivity index (χ2n) is 7.75. The molecule has 1 amide bonds. The number of halogens is 1. The van der Waals surface area contributed by atoms with E-state index in [2.05, 4.69) is 12.2 Å². The molecule has 0 radical (unpaired) electrons. The van der Waals surface area contributed by atoms with E-state index in [9.17, 15) is 13.2 Å². The Kier molecular flexibility index (Phi) is 6.98. The lowest BCUT2D eigenvalue weighted by molar-refractivity contribution is 0.0951. The molecule has 2 aromatic rings. The minimum absolute atomic E-state index is 0.109. The number of sulfonamides is 1. The van der Waals surface area contributed by atoms with E-state index in [0.717, 1.165) is 18.4 Å². The fraction of sp³-hybridized carbons (Fsp3) is 0.409. The Hall–Kier alpha value is -1.89. The molecule has 1 aliphatic rings. The maximum absolute atomic E-state index is 13.0. The Morgan fingerprint density at radius 2 is 1.83 bits per heavy atom. The standard InChI is InChI=1S/C22H27ClN2O3S/c1-16-10-12-25(13-11-16)29(27,28)19-8-9-21(23)20(14-19)22(26)24-15-17(2)18-6-4-3-5-7-18/h3-9,14,16-17H,10-13,15H2,1-2H3,(H,24,26)/t17-/m0/s1. The van der Waals surface area contributed by atoms with Crippen molar-refractivity contribution in [3.05, 3.63) is 64.7 Å². The molecular weight excluding hydrogens is 408 g/mol. The number of piperidine rings is 1. The third-order valence-electron chi connectivity index (χ3n) is 5.50. The van der Waals surface area contributed by atoms with Crippen molar-refractivity contribution in [2.45, 2.75) is 37.5 Å². The van der Waals surface area contributed by atoms with Gasteiger partial charge in [-0.3, -0.25) is 4.79 Å². The first kappa shape index (κ1) is 21.8. The molecule has 0 bridgehead atoms. The average molecular weight is 435 g/mol. The van der Waals surface area contributed by atoms with Gasteiger partial charge in [0.2, 0.25) is 10.0 Å². The maximum atomic E-state index is 13.0. The third kappa shape index (κ3) is 5.18. The molecule has 1 atom stereocenters. The minimum Gasteiger partial charge on any atom is -0.351 e. The molecule has 1 heterocycles. The van der Waals surface area contributed by atoms with Crippen LogP contribution in [0, 0.1) is 5.92 Å². The summed E-state index contributed by atoms with van der Waals surface area (Å²) in [6, 6.07) is 14.2. The van der Waals surface area contributed by atoms with Crippen molar-refractivity contribution in [1.82, 2.24) is 9.62 Å². The summed E-state index contributed by atoms with van der Waals surface area (Å²) >= 11 is 6.21. The number of hydrogen-bond acceptors (Lipinski definition) is 3. The Balaban J connectivity index is 1.73. The highest BCUT2D eigenvalue weighted by molar-refractivity contribution is 7.89. The fourth-order valence-corrected chi connectivity index (χ4v) is 5.15. The molecule has 1 fully saturated rings. The van der Waals surface area contributed by atoms with E-state index in [0.29, 0.717) is 25.6 Å². The number of rotatable bonds is 6. The van der Waals surface area contributed by atoms with Gasteiger partial charge >= 0.3 is 0 Å². The molecule has 7 heteroatoms. The van der Waals surface area contributed by atoms with Crippen molar-refractivity contribution in [2.24, 2.45) is 5.92 Å². The first-order chi connectivity index (χ1) is 13.8. The molecule has 1 saturated heterocycles. The van der Waals surface area contributed by atoms with Gasteiger partial charge in [0.25, 0.3) is 5.91 Å². The summed E-state index contributed by atoms with van der Waals surface area (Å²) in [5, 5.41) is 3.11. The molecule has 0 aromatic heterocycles. The predicted octanol–water partition coefficient (Wildman–Crippen LogP) is 4.29. The molecule has 0 spiro atoms. The van der Waals surface area contributed by atoms with E-state index in [1.54, 1.807) is 0 Å². The molecule has 0 aliphatic carbocycles. The van der Waals surface area contributed by atoms with Crippen LogP contribution in [0.2, 0.25) is 5.02 Å². The van der Waals surface area contributed by atoms with Gasteiger partial charge in [0.15, 0.2) is 0 Å². The lowest BCUT2D eigenvalue weighted by atomic mass is 10.0. The summed E-state index contributed by atoms with van der Waals surface area (Å²) in [4.78, 5) is 12.8. The van der Waals surface area contributed by atoms with Crippen LogP contribution in [0.15, 0.2) is 53.4 Å². The first-order valence-electron chi connectivity index (χ1n) is 9.92. The van der Waals surface area contributed by atoms with Crippen LogP contribution in [0.1, 0.15) is 48.5 Å². The van der Waals surface area contributed by atoms with Crippen LogP contribution in [-0.4, -0.2) is 38.3 Å². The van der Waals surface area contributed by atoms with Crippen molar-refractivity contribution in [1.29, 1.82) is 0 Å². The molecule has 5 nitrogen and oxygen atoms in total. The van der Waals surface area contributed by atoms with Gasteiger partial charge in [-0.1, -0.05) is 55.8 Å². The highest BCUT2D eigenvalue weighted by Gasteiger charge is 2.29. The zero-order chi connectivity index (χ0) is 21.0.